The van der Waals surface area contributed by atoms with Gasteiger partial charge >= 0.3 is 0 Å². The molecule has 6 heteroatoms. The molecule has 2 aromatic rings. The average Bonchev–Trinajstić information content (AvgIpc) is 2.68. The molecule has 0 unspecified atom stereocenters. The summed E-state index contributed by atoms with van der Waals surface area (Å²) in [5.41, 5.74) is 6.74. The summed E-state index contributed by atoms with van der Waals surface area (Å²) in [7, 11) is 0. The number of hydrogen-bond donors (Lipinski definition) is 2. The molecular formula is C11H8ClIN2OS. The second kappa shape index (κ2) is 5.24. The van der Waals surface area contributed by atoms with Gasteiger partial charge in [-0.25, -0.2) is 0 Å². The molecule has 3 nitrogen and oxygen atoms in total. The zero-order valence-electron chi connectivity index (χ0n) is 8.54. The molecule has 1 aromatic carbocycles. The van der Waals surface area contributed by atoms with Gasteiger partial charge in [0.25, 0.3) is 5.91 Å². The van der Waals surface area contributed by atoms with Crippen molar-refractivity contribution in [3.05, 3.63) is 43.1 Å². The maximum atomic E-state index is 11.9. The molecule has 0 atom stereocenters. The van der Waals surface area contributed by atoms with Crippen molar-refractivity contribution in [1.29, 1.82) is 0 Å². The number of amides is 1. The van der Waals surface area contributed by atoms with Crippen molar-refractivity contribution in [2.75, 3.05) is 11.1 Å². The summed E-state index contributed by atoms with van der Waals surface area (Å²) in [6.45, 7) is 0. The van der Waals surface area contributed by atoms with Crippen molar-refractivity contribution in [2.24, 2.45) is 0 Å². The number of carbonyl (C=O) groups is 1. The number of hydrogen-bond acceptors (Lipinski definition) is 3. The Bertz CT molecular complexity index is 570. The highest BCUT2D eigenvalue weighted by molar-refractivity contribution is 14.1. The van der Waals surface area contributed by atoms with E-state index >= 15 is 0 Å². The van der Waals surface area contributed by atoms with Gasteiger partial charge in [0, 0.05) is 3.57 Å². The molecule has 0 radical (unpaired) electrons. The van der Waals surface area contributed by atoms with Crippen LogP contribution in [0.5, 0.6) is 0 Å². The lowest BCUT2D eigenvalue weighted by molar-refractivity contribution is 0.103. The van der Waals surface area contributed by atoms with Crippen LogP contribution in [0.4, 0.5) is 11.4 Å². The molecule has 0 aliphatic rings. The minimum absolute atomic E-state index is 0.236. The summed E-state index contributed by atoms with van der Waals surface area (Å²) in [6, 6.07) is 7.14. The molecule has 0 spiro atoms. The molecule has 0 saturated heterocycles. The first-order valence-corrected chi connectivity index (χ1v) is 7.01. The molecular weight excluding hydrogens is 371 g/mol. The normalized spacial score (nSPS) is 10.2. The summed E-state index contributed by atoms with van der Waals surface area (Å²) >= 11 is 9.49. The summed E-state index contributed by atoms with van der Waals surface area (Å²) in [4.78, 5) is 12.4. The highest BCUT2D eigenvalue weighted by Gasteiger charge is 2.12. The minimum Gasteiger partial charge on any atom is -0.397 e. The van der Waals surface area contributed by atoms with E-state index in [0.717, 1.165) is 3.57 Å². The van der Waals surface area contributed by atoms with Gasteiger partial charge in [0.2, 0.25) is 0 Å². The third kappa shape index (κ3) is 2.91. The quantitative estimate of drug-likeness (QED) is 0.780. The molecule has 1 aromatic heterocycles. The van der Waals surface area contributed by atoms with E-state index in [-0.39, 0.29) is 5.91 Å². The fourth-order valence-corrected chi connectivity index (χ4v) is 2.89. The van der Waals surface area contributed by atoms with E-state index in [1.807, 2.05) is 6.07 Å². The van der Waals surface area contributed by atoms with Gasteiger partial charge in [-0.1, -0.05) is 11.6 Å². The number of benzene rings is 1. The van der Waals surface area contributed by atoms with Gasteiger partial charge in [-0.05, 0) is 52.2 Å². The summed E-state index contributed by atoms with van der Waals surface area (Å²) in [5.74, 6) is -0.236. The zero-order chi connectivity index (χ0) is 12.4. The van der Waals surface area contributed by atoms with E-state index in [4.69, 9.17) is 17.3 Å². The van der Waals surface area contributed by atoms with Crippen LogP contribution in [0.1, 0.15) is 9.67 Å². The van der Waals surface area contributed by atoms with Crippen molar-refractivity contribution in [1.82, 2.24) is 0 Å². The number of halogens is 2. The van der Waals surface area contributed by atoms with Crippen molar-refractivity contribution in [3.8, 4) is 0 Å². The van der Waals surface area contributed by atoms with E-state index in [1.54, 1.807) is 23.6 Å². The topological polar surface area (TPSA) is 55.1 Å². The molecule has 1 amide bonds. The van der Waals surface area contributed by atoms with Crippen LogP contribution in [0.3, 0.4) is 0 Å². The summed E-state index contributed by atoms with van der Waals surface area (Å²) in [6.07, 6.45) is 0. The van der Waals surface area contributed by atoms with Crippen molar-refractivity contribution in [2.45, 2.75) is 0 Å². The van der Waals surface area contributed by atoms with E-state index in [0.29, 0.717) is 21.3 Å². The standard InChI is InChI=1S/C11H8ClIN2OS/c12-7-5-6(13)1-2-9(7)15-11(16)10-8(14)3-4-17-10/h1-5H,14H2,(H,15,16). The molecule has 0 fully saturated rings. The third-order valence-corrected chi connectivity index (χ3v) is 3.99. The van der Waals surface area contributed by atoms with Gasteiger partial charge in [-0.2, -0.15) is 0 Å². The fourth-order valence-electron chi connectivity index (χ4n) is 1.27. The van der Waals surface area contributed by atoms with Gasteiger partial charge in [-0.3, -0.25) is 4.79 Å². The predicted octanol–water partition coefficient (Wildman–Crippen LogP) is 3.84. The van der Waals surface area contributed by atoms with Crippen LogP contribution in [0, 0.1) is 3.57 Å². The number of thiophene rings is 1. The van der Waals surface area contributed by atoms with Gasteiger partial charge in [0.05, 0.1) is 16.4 Å². The Morgan fingerprint density at radius 3 is 2.76 bits per heavy atom. The van der Waals surface area contributed by atoms with Gasteiger partial charge in [0.15, 0.2) is 0 Å². The fraction of sp³-hybridized carbons (Fsp3) is 0. The van der Waals surface area contributed by atoms with E-state index in [1.165, 1.54) is 11.3 Å². The smallest absolute Gasteiger partial charge is 0.267 e. The Morgan fingerprint density at radius 1 is 1.41 bits per heavy atom. The first-order valence-electron chi connectivity index (χ1n) is 4.67. The van der Waals surface area contributed by atoms with Crippen molar-refractivity contribution < 1.29 is 4.79 Å². The van der Waals surface area contributed by atoms with Crippen LogP contribution in [0.25, 0.3) is 0 Å². The average molecular weight is 379 g/mol. The molecule has 0 saturated carbocycles. The monoisotopic (exact) mass is 378 g/mol. The van der Waals surface area contributed by atoms with Crippen molar-refractivity contribution in [3.63, 3.8) is 0 Å². The summed E-state index contributed by atoms with van der Waals surface area (Å²) in [5, 5.41) is 5.03. The molecule has 0 aliphatic heterocycles. The lowest BCUT2D eigenvalue weighted by Gasteiger charge is -2.06. The number of anilines is 2. The number of nitrogens with one attached hydrogen (secondary N) is 1. The van der Waals surface area contributed by atoms with Crippen LogP contribution in [0.2, 0.25) is 5.02 Å². The van der Waals surface area contributed by atoms with Crippen LogP contribution in [-0.2, 0) is 0 Å². The van der Waals surface area contributed by atoms with Crippen LogP contribution in [-0.4, -0.2) is 5.91 Å². The molecule has 0 bridgehead atoms. The highest BCUT2D eigenvalue weighted by atomic mass is 127. The maximum absolute atomic E-state index is 11.9. The Hall–Kier alpha value is -0.790. The molecule has 1 heterocycles. The molecule has 3 N–H and O–H groups in total. The Labute approximate surface area is 121 Å². The number of rotatable bonds is 2. The second-order valence-electron chi connectivity index (χ2n) is 3.28. The van der Waals surface area contributed by atoms with Crippen LogP contribution >= 0.6 is 45.5 Å². The second-order valence-corrected chi connectivity index (χ2v) is 5.85. The first kappa shape index (κ1) is 12.7. The SMILES string of the molecule is Nc1ccsc1C(=O)Nc1ccc(I)cc1Cl. The number of carbonyl (C=O) groups excluding carboxylic acids is 1. The Balaban J connectivity index is 2.22. The van der Waals surface area contributed by atoms with E-state index < -0.39 is 0 Å². The molecule has 0 aliphatic carbocycles. The zero-order valence-corrected chi connectivity index (χ0v) is 12.3. The van der Waals surface area contributed by atoms with Crippen molar-refractivity contribution >= 4 is 62.8 Å². The Morgan fingerprint density at radius 2 is 2.18 bits per heavy atom. The van der Waals surface area contributed by atoms with E-state index in [2.05, 4.69) is 27.9 Å². The highest BCUT2D eigenvalue weighted by Crippen LogP contribution is 2.26. The molecule has 2 rings (SSSR count). The minimum atomic E-state index is -0.236. The lowest BCUT2D eigenvalue weighted by atomic mass is 10.3. The predicted molar refractivity (Wildman–Crippen MR) is 80.9 cm³/mol. The first-order chi connectivity index (χ1) is 8.08. The van der Waals surface area contributed by atoms with Gasteiger partial charge < -0.3 is 11.1 Å². The lowest BCUT2D eigenvalue weighted by Crippen LogP contribution is -2.12. The molecule has 17 heavy (non-hydrogen) atoms. The molecule has 88 valence electrons. The third-order valence-electron chi connectivity index (χ3n) is 2.08. The Kier molecular flexibility index (Phi) is 3.90. The summed E-state index contributed by atoms with van der Waals surface area (Å²) < 4.78 is 1.02. The largest absolute Gasteiger partial charge is 0.397 e. The van der Waals surface area contributed by atoms with Crippen LogP contribution < -0.4 is 11.1 Å². The number of nitrogens with two attached hydrogens (primary N) is 1. The van der Waals surface area contributed by atoms with E-state index in [9.17, 15) is 4.79 Å². The van der Waals surface area contributed by atoms with Gasteiger partial charge in [0.1, 0.15) is 4.88 Å². The van der Waals surface area contributed by atoms with Gasteiger partial charge in [-0.15, -0.1) is 11.3 Å². The number of nitrogen functional groups attached to an aromatic ring is 1. The van der Waals surface area contributed by atoms with Crippen LogP contribution in [0.15, 0.2) is 29.6 Å². The maximum Gasteiger partial charge on any atom is 0.267 e.